The summed E-state index contributed by atoms with van der Waals surface area (Å²) in [6.45, 7) is 2.38. The number of aliphatic hydroxyl groups is 1. The molecule has 1 unspecified atom stereocenters. The number of hydrogen-bond donors (Lipinski definition) is 2. The van der Waals surface area contributed by atoms with E-state index in [-0.39, 0.29) is 25.0 Å². The first-order chi connectivity index (χ1) is 14.2. The van der Waals surface area contributed by atoms with Crippen LogP contribution in [-0.2, 0) is 17.6 Å². The molecule has 0 radical (unpaired) electrons. The summed E-state index contributed by atoms with van der Waals surface area (Å²) >= 11 is 0. The van der Waals surface area contributed by atoms with Crippen molar-refractivity contribution in [3.8, 4) is 17.1 Å². The van der Waals surface area contributed by atoms with E-state index in [4.69, 9.17) is 9.26 Å². The maximum atomic E-state index is 12.2. The summed E-state index contributed by atoms with van der Waals surface area (Å²) in [6, 6.07) is 10.8. The van der Waals surface area contributed by atoms with Gasteiger partial charge in [0.25, 0.3) is 0 Å². The second kappa shape index (κ2) is 10.3. The Bertz CT molecular complexity index is 897. The molecule has 0 aliphatic rings. The van der Waals surface area contributed by atoms with Crippen molar-refractivity contribution >= 4 is 5.91 Å². The van der Waals surface area contributed by atoms with Crippen LogP contribution in [0.25, 0.3) is 11.4 Å². The molecule has 1 aromatic carbocycles. The number of benzene rings is 1. The molecule has 3 aromatic rings. The molecule has 0 spiro atoms. The third-order valence-electron chi connectivity index (χ3n) is 4.25. The van der Waals surface area contributed by atoms with E-state index in [1.807, 2.05) is 43.3 Å². The number of aryl methyl sites for hydroxylation is 1. The number of ether oxygens (including phenoxy) is 1. The molecule has 8 nitrogen and oxygen atoms in total. The first kappa shape index (κ1) is 20.5. The van der Waals surface area contributed by atoms with Gasteiger partial charge in [0, 0.05) is 30.8 Å². The highest BCUT2D eigenvalue weighted by molar-refractivity contribution is 5.76. The molecular formula is C21H24N4O4. The summed E-state index contributed by atoms with van der Waals surface area (Å²) in [5.41, 5.74) is 1.76. The minimum absolute atomic E-state index is 0.150. The molecule has 2 N–H and O–H groups in total. The Hall–Kier alpha value is -3.26. The lowest BCUT2D eigenvalue weighted by atomic mass is 10.1. The lowest BCUT2D eigenvalue weighted by Gasteiger charge is -2.15. The van der Waals surface area contributed by atoms with Crippen LogP contribution in [-0.4, -0.2) is 45.4 Å². The van der Waals surface area contributed by atoms with Crippen molar-refractivity contribution in [2.45, 2.75) is 32.2 Å². The van der Waals surface area contributed by atoms with E-state index < -0.39 is 0 Å². The molecule has 29 heavy (non-hydrogen) atoms. The highest BCUT2D eigenvalue weighted by atomic mass is 16.5. The zero-order valence-corrected chi connectivity index (χ0v) is 16.2. The molecule has 0 fully saturated rings. The fourth-order valence-electron chi connectivity index (χ4n) is 2.83. The van der Waals surface area contributed by atoms with E-state index in [1.165, 1.54) is 0 Å². The van der Waals surface area contributed by atoms with Gasteiger partial charge < -0.3 is 19.7 Å². The van der Waals surface area contributed by atoms with Crippen LogP contribution in [0, 0.1) is 0 Å². The molecule has 3 rings (SSSR count). The predicted octanol–water partition coefficient (Wildman–Crippen LogP) is 2.18. The van der Waals surface area contributed by atoms with Crippen LogP contribution >= 0.6 is 0 Å². The number of carbonyl (C=O) groups excluding carboxylic acids is 1. The first-order valence-electron chi connectivity index (χ1n) is 9.53. The molecule has 0 aliphatic carbocycles. The van der Waals surface area contributed by atoms with E-state index in [9.17, 15) is 9.90 Å². The molecule has 1 atom stereocenters. The summed E-state index contributed by atoms with van der Waals surface area (Å²) < 4.78 is 10.7. The quantitative estimate of drug-likeness (QED) is 0.540. The van der Waals surface area contributed by atoms with Gasteiger partial charge in [-0.2, -0.15) is 4.98 Å². The zero-order valence-electron chi connectivity index (χ0n) is 16.2. The Morgan fingerprint density at radius 1 is 1.28 bits per heavy atom. The molecule has 152 valence electrons. The second-order valence-corrected chi connectivity index (χ2v) is 6.48. The fourth-order valence-corrected chi connectivity index (χ4v) is 2.83. The summed E-state index contributed by atoms with van der Waals surface area (Å²) in [5.74, 6) is 1.44. The Morgan fingerprint density at radius 3 is 2.79 bits per heavy atom. The minimum Gasteiger partial charge on any atom is -0.494 e. The van der Waals surface area contributed by atoms with Gasteiger partial charge in [-0.15, -0.1) is 0 Å². The smallest absolute Gasteiger partial charge is 0.227 e. The Morgan fingerprint density at radius 2 is 2.10 bits per heavy atom. The monoisotopic (exact) mass is 396 g/mol. The molecule has 2 heterocycles. The van der Waals surface area contributed by atoms with E-state index in [0.29, 0.717) is 31.2 Å². The highest BCUT2D eigenvalue weighted by Crippen LogP contribution is 2.20. The molecule has 0 saturated heterocycles. The number of amides is 1. The van der Waals surface area contributed by atoms with Gasteiger partial charge in [-0.3, -0.25) is 9.78 Å². The topological polar surface area (TPSA) is 110 Å². The van der Waals surface area contributed by atoms with Crippen molar-refractivity contribution in [1.29, 1.82) is 0 Å². The number of aliphatic hydroxyl groups excluding tert-OH is 1. The Balaban J connectivity index is 1.50. The van der Waals surface area contributed by atoms with Gasteiger partial charge in [-0.25, -0.2) is 0 Å². The SMILES string of the molecule is CCOc1ccc(-c2noc(CCC(=O)NC(CO)Cc3cccnc3)n2)cc1. The van der Waals surface area contributed by atoms with E-state index in [0.717, 1.165) is 16.9 Å². The van der Waals surface area contributed by atoms with E-state index in [2.05, 4.69) is 20.4 Å². The molecule has 0 aliphatic heterocycles. The van der Waals surface area contributed by atoms with Gasteiger partial charge in [0.15, 0.2) is 0 Å². The number of nitrogens with one attached hydrogen (secondary N) is 1. The Labute approximate surface area is 168 Å². The van der Waals surface area contributed by atoms with Crippen molar-refractivity contribution in [2.75, 3.05) is 13.2 Å². The first-order valence-corrected chi connectivity index (χ1v) is 9.53. The summed E-state index contributed by atoms with van der Waals surface area (Å²) in [4.78, 5) is 20.6. The van der Waals surface area contributed by atoms with E-state index in [1.54, 1.807) is 12.4 Å². The fraction of sp³-hybridized carbons (Fsp3) is 0.333. The molecule has 8 heteroatoms. The van der Waals surface area contributed by atoms with Crippen LogP contribution in [0.5, 0.6) is 5.75 Å². The number of aromatic nitrogens is 3. The van der Waals surface area contributed by atoms with Crippen LogP contribution in [0.1, 0.15) is 24.8 Å². The lowest BCUT2D eigenvalue weighted by molar-refractivity contribution is -0.122. The summed E-state index contributed by atoms with van der Waals surface area (Å²) in [7, 11) is 0. The third-order valence-corrected chi connectivity index (χ3v) is 4.25. The van der Waals surface area contributed by atoms with Crippen molar-refractivity contribution in [3.63, 3.8) is 0 Å². The van der Waals surface area contributed by atoms with Gasteiger partial charge in [-0.05, 0) is 49.2 Å². The van der Waals surface area contributed by atoms with Crippen LogP contribution in [0.15, 0.2) is 53.3 Å². The molecule has 0 saturated carbocycles. The lowest BCUT2D eigenvalue weighted by Crippen LogP contribution is -2.39. The van der Waals surface area contributed by atoms with Gasteiger partial charge in [0.2, 0.25) is 17.6 Å². The van der Waals surface area contributed by atoms with Crippen LogP contribution in [0.2, 0.25) is 0 Å². The normalized spacial score (nSPS) is 11.8. The number of carbonyl (C=O) groups is 1. The molecule has 1 amide bonds. The van der Waals surface area contributed by atoms with Gasteiger partial charge in [-0.1, -0.05) is 11.2 Å². The maximum Gasteiger partial charge on any atom is 0.227 e. The van der Waals surface area contributed by atoms with Crippen molar-refractivity contribution in [2.24, 2.45) is 0 Å². The number of pyridine rings is 1. The largest absolute Gasteiger partial charge is 0.494 e. The zero-order chi connectivity index (χ0) is 20.5. The second-order valence-electron chi connectivity index (χ2n) is 6.48. The van der Waals surface area contributed by atoms with E-state index >= 15 is 0 Å². The summed E-state index contributed by atoms with van der Waals surface area (Å²) in [5, 5.41) is 16.3. The van der Waals surface area contributed by atoms with Crippen molar-refractivity contribution < 1.29 is 19.2 Å². The number of hydrogen-bond acceptors (Lipinski definition) is 7. The van der Waals surface area contributed by atoms with Crippen molar-refractivity contribution in [1.82, 2.24) is 20.4 Å². The van der Waals surface area contributed by atoms with Gasteiger partial charge >= 0.3 is 0 Å². The Kier molecular flexibility index (Phi) is 7.29. The van der Waals surface area contributed by atoms with Crippen molar-refractivity contribution in [3.05, 3.63) is 60.2 Å². The van der Waals surface area contributed by atoms with Crippen LogP contribution in [0.4, 0.5) is 0 Å². The standard InChI is InChI=1S/C21H24N4O4/c1-2-28-18-7-5-16(6-8-18)21-24-20(29-25-21)10-9-19(27)23-17(14-26)12-15-4-3-11-22-13-15/h3-8,11,13,17,26H,2,9-10,12,14H2,1H3,(H,23,27). The summed E-state index contributed by atoms with van der Waals surface area (Å²) in [6.07, 6.45) is 4.42. The van der Waals surface area contributed by atoms with Gasteiger partial charge in [0.05, 0.1) is 19.3 Å². The number of rotatable bonds is 10. The third kappa shape index (κ3) is 6.11. The van der Waals surface area contributed by atoms with Crippen LogP contribution < -0.4 is 10.1 Å². The maximum absolute atomic E-state index is 12.2. The predicted molar refractivity (Wildman–Crippen MR) is 106 cm³/mol. The number of nitrogens with zero attached hydrogens (tertiary/aromatic N) is 3. The van der Waals surface area contributed by atoms with Crippen LogP contribution in [0.3, 0.4) is 0 Å². The average Bonchev–Trinajstić information content (AvgIpc) is 3.22. The minimum atomic E-state index is -0.367. The van der Waals surface area contributed by atoms with Gasteiger partial charge in [0.1, 0.15) is 5.75 Å². The molecule has 0 bridgehead atoms. The molecular weight excluding hydrogens is 372 g/mol. The highest BCUT2D eigenvalue weighted by Gasteiger charge is 2.15. The average molecular weight is 396 g/mol. The molecule has 2 aromatic heterocycles.